The van der Waals surface area contributed by atoms with Gasteiger partial charge in [0, 0.05) is 10.6 Å². The molecule has 3 nitrogen and oxygen atoms in total. The van der Waals surface area contributed by atoms with E-state index in [0.717, 1.165) is 18.4 Å². The van der Waals surface area contributed by atoms with Crippen LogP contribution in [0.1, 0.15) is 31.7 Å². The molecule has 17 heavy (non-hydrogen) atoms. The minimum atomic E-state index is -0.530. The van der Waals surface area contributed by atoms with Crippen molar-refractivity contribution in [3.63, 3.8) is 0 Å². The van der Waals surface area contributed by atoms with Gasteiger partial charge in [-0.3, -0.25) is 4.79 Å². The number of hydrogen-bond donors (Lipinski definition) is 1. The van der Waals surface area contributed by atoms with Crippen LogP contribution in [-0.4, -0.2) is 12.0 Å². The van der Waals surface area contributed by atoms with Gasteiger partial charge in [-0.25, -0.2) is 0 Å². The summed E-state index contributed by atoms with van der Waals surface area (Å²) >= 11 is 5.95. The second kappa shape index (κ2) is 7.30. The van der Waals surface area contributed by atoms with Crippen molar-refractivity contribution in [3.8, 4) is 0 Å². The zero-order valence-corrected chi connectivity index (χ0v) is 10.7. The van der Waals surface area contributed by atoms with Crippen LogP contribution in [0.4, 0.5) is 0 Å². The average Bonchev–Trinajstić information content (AvgIpc) is 2.34. The van der Waals surface area contributed by atoms with E-state index in [2.05, 4.69) is 6.92 Å². The lowest BCUT2D eigenvalue weighted by Crippen LogP contribution is -2.32. The summed E-state index contributed by atoms with van der Waals surface area (Å²) in [4.78, 5) is 11.5. The third-order valence-corrected chi connectivity index (χ3v) is 2.87. The largest absolute Gasteiger partial charge is 0.460 e. The fourth-order valence-electron chi connectivity index (χ4n) is 1.41. The van der Waals surface area contributed by atoms with E-state index in [1.807, 2.05) is 18.2 Å². The number of hydrogen-bond acceptors (Lipinski definition) is 3. The molecule has 0 saturated heterocycles. The van der Waals surface area contributed by atoms with E-state index in [1.165, 1.54) is 0 Å². The fourth-order valence-corrected chi connectivity index (χ4v) is 1.60. The molecule has 4 heteroatoms. The molecular weight excluding hydrogens is 238 g/mol. The van der Waals surface area contributed by atoms with Crippen molar-refractivity contribution in [2.75, 3.05) is 0 Å². The van der Waals surface area contributed by atoms with E-state index in [1.54, 1.807) is 6.07 Å². The van der Waals surface area contributed by atoms with E-state index in [9.17, 15) is 4.79 Å². The Bertz CT molecular complexity index is 368. The van der Waals surface area contributed by atoms with Crippen LogP contribution in [0.2, 0.25) is 5.02 Å². The number of carbonyl (C=O) groups is 1. The van der Waals surface area contributed by atoms with E-state index in [4.69, 9.17) is 22.1 Å². The monoisotopic (exact) mass is 255 g/mol. The highest BCUT2D eigenvalue weighted by molar-refractivity contribution is 6.31. The molecule has 94 valence electrons. The fraction of sp³-hybridized carbons (Fsp3) is 0.462. The molecule has 1 aromatic carbocycles. The molecule has 0 aliphatic carbocycles. The Kier molecular flexibility index (Phi) is 6.01. The summed E-state index contributed by atoms with van der Waals surface area (Å²) in [5, 5.41) is 0.599. The van der Waals surface area contributed by atoms with Crippen LogP contribution < -0.4 is 5.73 Å². The van der Waals surface area contributed by atoms with Gasteiger partial charge in [0.05, 0.1) is 0 Å². The van der Waals surface area contributed by atoms with Crippen LogP contribution in [0.5, 0.6) is 0 Å². The predicted molar refractivity (Wildman–Crippen MR) is 68.7 cm³/mol. The maximum absolute atomic E-state index is 11.5. The second-order valence-electron chi connectivity index (χ2n) is 3.95. The maximum atomic E-state index is 11.5. The number of unbranched alkanes of at least 4 members (excludes halogenated alkanes) is 1. The number of benzene rings is 1. The van der Waals surface area contributed by atoms with Gasteiger partial charge in [0.25, 0.3) is 0 Å². The van der Waals surface area contributed by atoms with Crippen molar-refractivity contribution in [3.05, 3.63) is 34.9 Å². The Balaban J connectivity index is 2.40. The Morgan fingerprint density at radius 3 is 2.82 bits per heavy atom. The van der Waals surface area contributed by atoms with Crippen molar-refractivity contribution in [1.29, 1.82) is 0 Å². The molecule has 0 spiro atoms. The minimum absolute atomic E-state index is 0.179. The quantitative estimate of drug-likeness (QED) is 0.796. The zero-order valence-electron chi connectivity index (χ0n) is 9.99. The van der Waals surface area contributed by atoms with Gasteiger partial charge < -0.3 is 10.5 Å². The predicted octanol–water partition coefficient (Wildman–Crippen LogP) is 2.90. The molecule has 1 atom stereocenters. The SMILES string of the molecule is CCCC[C@H](N)C(=O)OCc1ccccc1Cl. The number of nitrogens with two attached hydrogens (primary N) is 1. The van der Waals surface area contributed by atoms with Gasteiger partial charge in [-0.05, 0) is 12.5 Å². The highest BCUT2D eigenvalue weighted by Crippen LogP contribution is 2.16. The zero-order chi connectivity index (χ0) is 12.7. The normalized spacial score (nSPS) is 12.2. The Morgan fingerprint density at radius 2 is 2.18 bits per heavy atom. The van der Waals surface area contributed by atoms with Gasteiger partial charge in [0.1, 0.15) is 12.6 Å². The molecule has 0 aliphatic rings. The van der Waals surface area contributed by atoms with E-state index in [-0.39, 0.29) is 12.6 Å². The Morgan fingerprint density at radius 1 is 1.47 bits per heavy atom. The summed E-state index contributed by atoms with van der Waals surface area (Å²) in [6.07, 6.45) is 2.62. The molecule has 0 bridgehead atoms. The van der Waals surface area contributed by atoms with Crippen molar-refractivity contribution in [1.82, 2.24) is 0 Å². The summed E-state index contributed by atoms with van der Waals surface area (Å²) in [7, 11) is 0. The van der Waals surface area contributed by atoms with Gasteiger partial charge in [-0.1, -0.05) is 49.6 Å². The molecule has 0 heterocycles. The molecule has 0 saturated carbocycles. The number of rotatable bonds is 6. The maximum Gasteiger partial charge on any atom is 0.323 e. The Labute approximate surface area is 107 Å². The highest BCUT2D eigenvalue weighted by atomic mass is 35.5. The van der Waals surface area contributed by atoms with Crippen LogP contribution in [0, 0.1) is 0 Å². The van der Waals surface area contributed by atoms with Crippen molar-refractivity contribution in [2.45, 2.75) is 38.8 Å². The molecule has 0 radical (unpaired) electrons. The second-order valence-corrected chi connectivity index (χ2v) is 4.36. The van der Waals surface area contributed by atoms with Crippen molar-refractivity contribution >= 4 is 17.6 Å². The third-order valence-electron chi connectivity index (χ3n) is 2.50. The van der Waals surface area contributed by atoms with Crippen LogP contribution in [0.25, 0.3) is 0 Å². The van der Waals surface area contributed by atoms with Crippen LogP contribution in [-0.2, 0) is 16.1 Å². The molecule has 2 N–H and O–H groups in total. The summed E-state index contributed by atoms with van der Waals surface area (Å²) in [6.45, 7) is 2.24. The van der Waals surface area contributed by atoms with Gasteiger partial charge in [-0.2, -0.15) is 0 Å². The molecule has 0 fully saturated rings. The smallest absolute Gasteiger partial charge is 0.323 e. The van der Waals surface area contributed by atoms with Gasteiger partial charge >= 0.3 is 5.97 Å². The van der Waals surface area contributed by atoms with Crippen LogP contribution >= 0.6 is 11.6 Å². The molecule has 0 aliphatic heterocycles. The molecular formula is C13H18ClNO2. The standard InChI is InChI=1S/C13H18ClNO2/c1-2-3-8-12(15)13(16)17-9-10-6-4-5-7-11(10)14/h4-7,12H,2-3,8-9,15H2,1H3/t12-/m0/s1. The minimum Gasteiger partial charge on any atom is -0.460 e. The first-order chi connectivity index (χ1) is 8.15. The number of ether oxygens (including phenoxy) is 1. The van der Waals surface area contributed by atoms with Crippen molar-refractivity contribution < 1.29 is 9.53 Å². The molecule has 0 unspecified atom stereocenters. The molecule has 1 rings (SSSR count). The van der Waals surface area contributed by atoms with E-state index < -0.39 is 6.04 Å². The lowest BCUT2D eigenvalue weighted by Gasteiger charge is -2.11. The highest BCUT2D eigenvalue weighted by Gasteiger charge is 2.14. The summed E-state index contributed by atoms with van der Waals surface area (Å²) < 4.78 is 5.12. The molecule has 0 aromatic heterocycles. The molecule has 1 aromatic rings. The van der Waals surface area contributed by atoms with E-state index in [0.29, 0.717) is 11.4 Å². The topological polar surface area (TPSA) is 52.3 Å². The summed E-state index contributed by atoms with van der Waals surface area (Å²) in [5.74, 6) is -0.363. The van der Waals surface area contributed by atoms with Gasteiger partial charge in [0.2, 0.25) is 0 Å². The first-order valence-electron chi connectivity index (χ1n) is 5.80. The number of esters is 1. The van der Waals surface area contributed by atoms with Crippen LogP contribution in [0.15, 0.2) is 24.3 Å². The summed E-state index contributed by atoms with van der Waals surface area (Å²) in [6, 6.07) is 6.75. The van der Waals surface area contributed by atoms with E-state index >= 15 is 0 Å². The first kappa shape index (κ1) is 14.0. The Hall–Kier alpha value is -1.06. The number of carbonyl (C=O) groups excluding carboxylic acids is 1. The molecule has 0 amide bonds. The lowest BCUT2D eigenvalue weighted by atomic mass is 10.1. The first-order valence-corrected chi connectivity index (χ1v) is 6.18. The van der Waals surface area contributed by atoms with Crippen molar-refractivity contribution in [2.24, 2.45) is 5.73 Å². The van der Waals surface area contributed by atoms with Gasteiger partial charge in [-0.15, -0.1) is 0 Å². The lowest BCUT2D eigenvalue weighted by molar-refractivity contribution is -0.146. The number of halogens is 1. The third kappa shape index (κ3) is 4.75. The summed E-state index contributed by atoms with van der Waals surface area (Å²) in [5.41, 5.74) is 6.49. The average molecular weight is 256 g/mol. The van der Waals surface area contributed by atoms with Crippen LogP contribution in [0.3, 0.4) is 0 Å². The van der Waals surface area contributed by atoms with Gasteiger partial charge in [0.15, 0.2) is 0 Å².